The second-order valence-corrected chi connectivity index (χ2v) is 5.05. The van der Waals surface area contributed by atoms with Crippen LogP contribution in [0.15, 0.2) is 30.3 Å². The van der Waals surface area contributed by atoms with Gasteiger partial charge in [-0.05, 0) is 17.9 Å². The number of carboxylic acid groups (broad SMARTS) is 1. The summed E-state index contributed by atoms with van der Waals surface area (Å²) in [5.41, 5.74) is 0.351. The van der Waals surface area contributed by atoms with Crippen LogP contribution in [0.5, 0.6) is 0 Å². The summed E-state index contributed by atoms with van der Waals surface area (Å²) < 4.78 is 0. The fraction of sp³-hybridized carbons (Fsp3) is 0.267. The van der Waals surface area contributed by atoms with E-state index in [0.29, 0.717) is 24.6 Å². The van der Waals surface area contributed by atoms with Crippen molar-refractivity contribution in [1.29, 1.82) is 5.26 Å². The van der Waals surface area contributed by atoms with Crippen LogP contribution in [-0.2, 0) is 0 Å². The van der Waals surface area contributed by atoms with Crippen LogP contribution in [0.3, 0.4) is 0 Å². The monoisotopic (exact) mass is 282 g/mol. The van der Waals surface area contributed by atoms with Gasteiger partial charge >= 0.3 is 6.09 Å². The second-order valence-electron chi connectivity index (χ2n) is 5.05. The molecule has 3 rings (SSSR count). The molecule has 106 valence electrons. The maximum Gasteiger partial charge on any atom is 0.407 e. The van der Waals surface area contributed by atoms with E-state index in [1.54, 1.807) is 6.07 Å². The Balaban J connectivity index is 1.90. The summed E-state index contributed by atoms with van der Waals surface area (Å²) in [7, 11) is 0. The van der Waals surface area contributed by atoms with Crippen LogP contribution in [0.1, 0.15) is 12.1 Å². The number of rotatable bonds is 2. The Labute approximate surface area is 121 Å². The fourth-order valence-electron chi connectivity index (χ4n) is 2.61. The zero-order chi connectivity index (χ0) is 14.8. The second kappa shape index (κ2) is 5.29. The number of hydrogen-bond acceptors (Lipinski definition) is 4. The Morgan fingerprint density at radius 2 is 2.29 bits per heavy atom. The van der Waals surface area contributed by atoms with Gasteiger partial charge < -0.3 is 15.3 Å². The molecule has 0 aliphatic carbocycles. The summed E-state index contributed by atoms with van der Waals surface area (Å²) in [5.74, 6) is 0.641. The smallest absolute Gasteiger partial charge is 0.407 e. The van der Waals surface area contributed by atoms with Crippen LogP contribution in [0.2, 0.25) is 0 Å². The number of pyridine rings is 1. The van der Waals surface area contributed by atoms with Gasteiger partial charge in [-0.1, -0.05) is 24.3 Å². The highest BCUT2D eigenvalue weighted by molar-refractivity contribution is 5.92. The van der Waals surface area contributed by atoms with E-state index < -0.39 is 6.09 Å². The standard InChI is InChI=1S/C15H14N4O2/c16-8-12-7-10-3-1-2-4-13(10)14(18-12)17-11-5-6-19(9-11)15(20)21/h1-4,7,11H,5-6,9H2,(H,17,18)(H,20,21). The summed E-state index contributed by atoms with van der Waals surface area (Å²) in [6, 6.07) is 11.5. The summed E-state index contributed by atoms with van der Waals surface area (Å²) >= 11 is 0. The first-order chi connectivity index (χ1) is 10.2. The molecule has 6 heteroatoms. The van der Waals surface area contributed by atoms with Gasteiger partial charge in [0, 0.05) is 24.5 Å². The van der Waals surface area contributed by atoms with Crippen molar-refractivity contribution in [3.63, 3.8) is 0 Å². The zero-order valence-electron chi connectivity index (χ0n) is 11.3. The molecule has 0 spiro atoms. The van der Waals surface area contributed by atoms with Crippen LogP contribution in [-0.4, -0.2) is 40.2 Å². The highest BCUT2D eigenvalue weighted by Crippen LogP contribution is 2.24. The van der Waals surface area contributed by atoms with E-state index in [9.17, 15) is 4.79 Å². The topological polar surface area (TPSA) is 89.2 Å². The normalized spacial score (nSPS) is 17.7. The zero-order valence-corrected chi connectivity index (χ0v) is 11.3. The van der Waals surface area contributed by atoms with Gasteiger partial charge in [0.05, 0.1) is 0 Å². The van der Waals surface area contributed by atoms with Crippen molar-refractivity contribution in [2.75, 3.05) is 18.4 Å². The Hall–Kier alpha value is -2.81. The Morgan fingerprint density at radius 3 is 3.00 bits per heavy atom. The van der Waals surface area contributed by atoms with Crippen molar-refractivity contribution in [3.8, 4) is 6.07 Å². The number of anilines is 1. The first-order valence-electron chi connectivity index (χ1n) is 6.71. The molecule has 1 fully saturated rings. The van der Waals surface area contributed by atoms with Crippen LogP contribution in [0.4, 0.5) is 10.6 Å². The summed E-state index contributed by atoms with van der Waals surface area (Å²) in [5, 5.41) is 23.2. The lowest BCUT2D eigenvalue weighted by Crippen LogP contribution is -2.30. The molecule has 0 bridgehead atoms. The predicted molar refractivity (Wildman–Crippen MR) is 78.1 cm³/mol. The van der Waals surface area contributed by atoms with Crippen molar-refractivity contribution in [3.05, 3.63) is 36.0 Å². The van der Waals surface area contributed by atoms with Crippen molar-refractivity contribution in [2.24, 2.45) is 0 Å². The molecule has 1 saturated heterocycles. The Kier molecular flexibility index (Phi) is 3.32. The number of nitrogens with one attached hydrogen (secondary N) is 1. The largest absolute Gasteiger partial charge is 0.465 e. The van der Waals surface area contributed by atoms with Crippen molar-refractivity contribution in [1.82, 2.24) is 9.88 Å². The lowest BCUT2D eigenvalue weighted by molar-refractivity contribution is 0.155. The van der Waals surface area contributed by atoms with Gasteiger partial charge in [0.25, 0.3) is 0 Å². The lowest BCUT2D eigenvalue weighted by atomic mass is 10.1. The van der Waals surface area contributed by atoms with E-state index in [1.165, 1.54) is 4.90 Å². The number of nitrogens with zero attached hydrogens (tertiary/aromatic N) is 3. The number of aromatic nitrogens is 1. The molecule has 1 aromatic heterocycles. The highest BCUT2D eigenvalue weighted by Gasteiger charge is 2.26. The number of hydrogen-bond donors (Lipinski definition) is 2. The average Bonchev–Trinajstić information content (AvgIpc) is 2.96. The SMILES string of the molecule is N#Cc1cc2ccccc2c(NC2CCN(C(=O)O)C2)n1. The van der Waals surface area contributed by atoms with Gasteiger partial charge in [0.15, 0.2) is 0 Å². The molecule has 2 aromatic rings. The molecular formula is C15H14N4O2. The first-order valence-corrected chi connectivity index (χ1v) is 6.71. The van der Waals surface area contributed by atoms with Crippen LogP contribution < -0.4 is 5.32 Å². The predicted octanol–water partition coefficient (Wildman–Crippen LogP) is 2.27. The van der Waals surface area contributed by atoms with Gasteiger partial charge in [0.1, 0.15) is 17.6 Å². The summed E-state index contributed by atoms with van der Waals surface area (Å²) in [6.07, 6.45) is -0.165. The Bertz CT molecular complexity index is 738. The number of fused-ring (bicyclic) bond motifs is 1. The minimum atomic E-state index is -0.900. The van der Waals surface area contributed by atoms with Gasteiger partial charge in [0.2, 0.25) is 0 Å². The first kappa shape index (κ1) is 13.2. The third-order valence-electron chi connectivity index (χ3n) is 3.65. The van der Waals surface area contributed by atoms with Gasteiger partial charge in [-0.15, -0.1) is 0 Å². The molecule has 6 nitrogen and oxygen atoms in total. The van der Waals surface area contributed by atoms with Crippen molar-refractivity contribution >= 4 is 22.7 Å². The number of nitriles is 1. The molecule has 1 aliphatic rings. The van der Waals surface area contributed by atoms with E-state index in [1.807, 2.05) is 24.3 Å². The molecule has 1 atom stereocenters. The molecular weight excluding hydrogens is 268 g/mol. The van der Waals surface area contributed by atoms with Crippen LogP contribution in [0.25, 0.3) is 10.8 Å². The van der Waals surface area contributed by atoms with Crippen LogP contribution in [0, 0.1) is 11.3 Å². The lowest BCUT2D eigenvalue weighted by Gasteiger charge is -2.16. The maximum absolute atomic E-state index is 11.0. The quantitative estimate of drug-likeness (QED) is 0.882. The average molecular weight is 282 g/mol. The molecule has 1 aromatic carbocycles. The van der Waals surface area contributed by atoms with Crippen LogP contribution >= 0.6 is 0 Å². The van der Waals surface area contributed by atoms with E-state index >= 15 is 0 Å². The Morgan fingerprint density at radius 1 is 1.48 bits per heavy atom. The molecule has 21 heavy (non-hydrogen) atoms. The highest BCUT2D eigenvalue weighted by atomic mass is 16.4. The van der Waals surface area contributed by atoms with E-state index in [2.05, 4.69) is 16.4 Å². The maximum atomic E-state index is 11.0. The number of likely N-dealkylation sites (tertiary alicyclic amines) is 1. The third kappa shape index (κ3) is 2.58. The summed E-state index contributed by atoms with van der Waals surface area (Å²) in [4.78, 5) is 16.6. The van der Waals surface area contributed by atoms with E-state index in [-0.39, 0.29) is 6.04 Å². The van der Waals surface area contributed by atoms with Gasteiger partial charge in [-0.25, -0.2) is 9.78 Å². The molecule has 0 saturated carbocycles. The van der Waals surface area contributed by atoms with Gasteiger partial charge in [-0.2, -0.15) is 5.26 Å². The van der Waals surface area contributed by atoms with Crippen molar-refractivity contribution < 1.29 is 9.90 Å². The van der Waals surface area contributed by atoms with Gasteiger partial charge in [-0.3, -0.25) is 0 Å². The number of carbonyl (C=O) groups is 1. The summed E-state index contributed by atoms with van der Waals surface area (Å²) in [6.45, 7) is 0.949. The molecule has 2 N–H and O–H groups in total. The minimum absolute atomic E-state index is 0.0194. The minimum Gasteiger partial charge on any atom is -0.465 e. The van der Waals surface area contributed by atoms with E-state index in [4.69, 9.17) is 10.4 Å². The van der Waals surface area contributed by atoms with Crippen molar-refractivity contribution in [2.45, 2.75) is 12.5 Å². The fourth-order valence-corrected chi connectivity index (χ4v) is 2.61. The molecule has 1 unspecified atom stereocenters. The number of benzene rings is 1. The molecule has 1 amide bonds. The molecule has 0 radical (unpaired) electrons. The number of amides is 1. The molecule has 2 heterocycles. The van der Waals surface area contributed by atoms with E-state index in [0.717, 1.165) is 17.2 Å². The molecule has 1 aliphatic heterocycles. The third-order valence-corrected chi connectivity index (χ3v) is 3.65.